The zero-order valence-electron chi connectivity index (χ0n) is 33.1. The third-order valence-corrected chi connectivity index (χ3v) is 11.6. The van der Waals surface area contributed by atoms with E-state index in [4.69, 9.17) is 26.1 Å². The van der Waals surface area contributed by atoms with E-state index in [9.17, 15) is 17.6 Å². The average molecular weight is 803 g/mol. The molecule has 5 aromatic rings. The van der Waals surface area contributed by atoms with E-state index in [1.807, 2.05) is 26.0 Å². The van der Waals surface area contributed by atoms with Crippen molar-refractivity contribution < 1.29 is 31.4 Å². The van der Waals surface area contributed by atoms with Crippen molar-refractivity contribution in [3.63, 3.8) is 0 Å². The first-order valence-corrected chi connectivity index (χ1v) is 19.9. The highest BCUT2D eigenvalue weighted by Gasteiger charge is 2.45. The summed E-state index contributed by atoms with van der Waals surface area (Å²) in [6, 6.07) is 9.62. The van der Waals surface area contributed by atoms with Crippen LogP contribution in [0.25, 0.3) is 32.9 Å². The summed E-state index contributed by atoms with van der Waals surface area (Å²) in [4.78, 5) is 26.1. The molecule has 4 aliphatic rings. The molecule has 0 amide bonds. The van der Waals surface area contributed by atoms with Gasteiger partial charge in [-0.2, -0.15) is 23.1 Å². The van der Waals surface area contributed by atoms with E-state index in [-0.39, 0.29) is 46.2 Å². The topological polar surface area (TPSA) is 101 Å². The van der Waals surface area contributed by atoms with Crippen LogP contribution in [0.2, 0.25) is 0 Å². The van der Waals surface area contributed by atoms with Crippen molar-refractivity contribution in [1.82, 2.24) is 35.1 Å². The third-order valence-electron chi connectivity index (χ3n) is 11.6. The number of anilines is 1. The molecule has 0 radical (unpaired) electrons. The first-order chi connectivity index (χ1) is 28.0. The lowest BCUT2D eigenvalue weighted by Crippen LogP contribution is -2.52. The van der Waals surface area contributed by atoms with Gasteiger partial charge in [0, 0.05) is 42.7 Å². The lowest BCUT2D eigenvalue weighted by atomic mass is 9.90. The Hall–Kier alpha value is -5.20. The number of pyridine rings is 1. The molecule has 2 atom stereocenters. The number of fused-ring (bicyclic) bond motifs is 4. The third kappa shape index (κ3) is 7.71. The molecule has 1 unspecified atom stereocenters. The average Bonchev–Trinajstić information content (AvgIpc) is 3.83. The van der Waals surface area contributed by atoms with E-state index in [0.717, 1.165) is 94.7 Å². The molecule has 0 aliphatic carbocycles. The second-order valence-electron chi connectivity index (χ2n) is 14.9. The van der Waals surface area contributed by atoms with Crippen LogP contribution in [0.3, 0.4) is 0 Å². The van der Waals surface area contributed by atoms with Crippen LogP contribution in [0.4, 0.5) is 27.8 Å². The normalized spacial score (nSPS) is 19.8. The molecule has 306 valence electrons. The summed E-state index contributed by atoms with van der Waals surface area (Å²) >= 11 is 0. The number of halogens is 5. The first kappa shape index (κ1) is 41.0. The molecule has 0 bridgehead atoms. The van der Waals surface area contributed by atoms with Crippen LogP contribution < -0.4 is 19.7 Å². The van der Waals surface area contributed by atoms with Gasteiger partial charge >= 0.3 is 12.2 Å². The van der Waals surface area contributed by atoms with E-state index < -0.39 is 23.5 Å². The highest BCUT2D eigenvalue weighted by molar-refractivity contribution is 6.03. The Balaban J connectivity index is 0.000000314. The molecule has 4 aliphatic heterocycles. The van der Waals surface area contributed by atoms with Gasteiger partial charge in [0.25, 0.3) is 0 Å². The molecule has 9 rings (SSSR count). The van der Waals surface area contributed by atoms with Crippen molar-refractivity contribution in [1.29, 1.82) is 0 Å². The summed E-state index contributed by atoms with van der Waals surface area (Å²) in [5, 5.41) is 5.36. The number of terminal acetylenes is 1. The molecule has 0 spiro atoms. The molecule has 7 heterocycles. The molecule has 10 nitrogen and oxygen atoms in total. The fraction of sp³-hybridized carbons (Fsp3) is 0.465. The van der Waals surface area contributed by atoms with Gasteiger partial charge in [0.05, 0.1) is 29.3 Å². The fourth-order valence-electron chi connectivity index (χ4n) is 8.80. The molecule has 2 aromatic carbocycles. The summed E-state index contributed by atoms with van der Waals surface area (Å²) < 4.78 is 78.8. The number of benzene rings is 2. The lowest BCUT2D eigenvalue weighted by Gasteiger charge is -2.40. The second kappa shape index (κ2) is 17.0. The molecule has 0 saturated carbocycles. The van der Waals surface area contributed by atoms with Crippen LogP contribution >= 0.6 is 0 Å². The Kier molecular flexibility index (Phi) is 12.0. The highest BCUT2D eigenvalue weighted by Crippen LogP contribution is 2.44. The Bertz CT molecular complexity index is 2320. The van der Waals surface area contributed by atoms with Crippen molar-refractivity contribution >= 4 is 27.5 Å². The van der Waals surface area contributed by atoms with Gasteiger partial charge in [0.15, 0.2) is 11.5 Å². The number of aromatic nitrogens is 5. The molecule has 3 aromatic heterocycles. The number of hydrogen-bond acceptors (Lipinski definition) is 10. The molecule has 3 saturated heterocycles. The maximum Gasteiger partial charge on any atom is 0.433 e. The maximum absolute atomic E-state index is 17.1. The Labute approximate surface area is 334 Å². The number of piperazine rings is 1. The molecular formula is C43H47F5N8O2. The molecule has 3 fully saturated rings. The van der Waals surface area contributed by atoms with E-state index >= 15 is 4.39 Å². The molecule has 15 heteroatoms. The Morgan fingerprint density at radius 2 is 1.76 bits per heavy atom. The van der Waals surface area contributed by atoms with E-state index in [2.05, 4.69) is 42.7 Å². The van der Waals surface area contributed by atoms with Crippen LogP contribution in [-0.2, 0) is 6.18 Å². The van der Waals surface area contributed by atoms with Gasteiger partial charge in [-0.15, -0.1) is 6.42 Å². The summed E-state index contributed by atoms with van der Waals surface area (Å²) in [6.45, 7) is 11.2. The number of rotatable bonds is 5. The SMILES string of the molecule is C#Cc1c(F)ccc2cccc(-c3nc4c5c(nc(OCC67CCCN6CCC7)nc5c3F)N3CCNCC3CC[C@H]4C)c12.CC.COc1cc(C(F)(F)F)ncn1. The van der Waals surface area contributed by atoms with Crippen LogP contribution in [0.1, 0.15) is 82.2 Å². The molecular weight excluding hydrogens is 756 g/mol. The van der Waals surface area contributed by atoms with Crippen molar-refractivity contribution in [3.8, 4) is 35.5 Å². The zero-order chi connectivity index (χ0) is 41.2. The summed E-state index contributed by atoms with van der Waals surface area (Å²) in [6.07, 6.45) is 8.47. The number of ether oxygens (including phenoxy) is 2. The minimum Gasteiger partial charge on any atom is -0.481 e. The monoisotopic (exact) mass is 802 g/mol. The first-order valence-electron chi connectivity index (χ1n) is 19.9. The van der Waals surface area contributed by atoms with Gasteiger partial charge in [0.1, 0.15) is 35.8 Å². The van der Waals surface area contributed by atoms with Gasteiger partial charge in [-0.25, -0.2) is 23.7 Å². The van der Waals surface area contributed by atoms with Crippen molar-refractivity contribution in [2.45, 2.75) is 83.0 Å². The van der Waals surface area contributed by atoms with Crippen LogP contribution in [0.5, 0.6) is 11.9 Å². The number of alkyl halides is 3. The van der Waals surface area contributed by atoms with Gasteiger partial charge in [-0.3, -0.25) is 4.90 Å². The standard InChI is InChI=1S/C35H36F2N6O.C6H5F3N2O.C2H6/c1-3-24-26(36)12-10-22-7-4-8-25(27(22)24)31-29(37)32-28-30(39-31)21(2)9-11-23-19-38-15-18-43(23)33(28)41-34(40-32)44-20-35-13-5-16-42(35)17-6-14-35;1-12-5-2-4(6(7,8)9)10-3-11-5;1-2/h1,4,7-8,10,12,21,23,38H,5-6,9,11,13-20H2,2H3;2-3H,1H3;1-2H3/t21-,23?;;/m1../s1. The number of nitrogens with zero attached hydrogens (tertiary/aromatic N) is 7. The van der Waals surface area contributed by atoms with Gasteiger partial charge < -0.3 is 19.7 Å². The van der Waals surface area contributed by atoms with E-state index in [0.29, 0.717) is 28.8 Å². The smallest absolute Gasteiger partial charge is 0.433 e. The summed E-state index contributed by atoms with van der Waals surface area (Å²) in [7, 11) is 1.24. The van der Waals surface area contributed by atoms with E-state index in [1.54, 1.807) is 12.1 Å². The second-order valence-corrected chi connectivity index (χ2v) is 14.9. The van der Waals surface area contributed by atoms with Crippen LogP contribution in [0.15, 0.2) is 42.7 Å². The predicted octanol–water partition coefficient (Wildman–Crippen LogP) is 8.32. The Morgan fingerprint density at radius 3 is 2.48 bits per heavy atom. The van der Waals surface area contributed by atoms with Crippen LogP contribution in [-0.4, -0.2) is 87.8 Å². The summed E-state index contributed by atoms with van der Waals surface area (Å²) in [5.41, 5.74) is 0.616. The largest absolute Gasteiger partial charge is 0.481 e. The van der Waals surface area contributed by atoms with Gasteiger partial charge in [-0.1, -0.05) is 51.0 Å². The number of hydrogen-bond donors (Lipinski definition) is 1. The fourth-order valence-corrected chi connectivity index (χ4v) is 8.80. The highest BCUT2D eigenvalue weighted by atomic mass is 19.4. The van der Waals surface area contributed by atoms with Crippen molar-refractivity contribution in [2.24, 2.45) is 0 Å². The van der Waals surface area contributed by atoms with Crippen molar-refractivity contribution in [3.05, 3.63) is 71.3 Å². The molecule has 58 heavy (non-hydrogen) atoms. The molecule has 1 N–H and O–H groups in total. The minimum absolute atomic E-state index is 0.00176. The zero-order valence-corrected chi connectivity index (χ0v) is 33.1. The minimum atomic E-state index is -4.45. The maximum atomic E-state index is 17.1. The Morgan fingerprint density at radius 1 is 0.983 bits per heavy atom. The van der Waals surface area contributed by atoms with E-state index in [1.165, 1.54) is 13.2 Å². The summed E-state index contributed by atoms with van der Waals surface area (Å²) in [5.74, 6) is 2.02. The quantitative estimate of drug-likeness (QED) is 0.138. The number of nitrogens with one attached hydrogen (secondary N) is 1. The van der Waals surface area contributed by atoms with Crippen LogP contribution in [0, 0.1) is 24.0 Å². The number of methoxy groups -OCH3 is 1. The van der Waals surface area contributed by atoms with Gasteiger partial charge in [-0.05, 0) is 69.0 Å². The van der Waals surface area contributed by atoms with Crippen molar-refractivity contribution in [2.75, 3.05) is 51.3 Å². The van der Waals surface area contributed by atoms with Gasteiger partial charge in [0.2, 0.25) is 5.88 Å². The predicted molar refractivity (Wildman–Crippen MR) is 213 cm³/mol. The lowest BCUT2D eigenvalue weighted by molar-refractivity contribution is -0.141.